The Labute approximate surface area is 325 Å². The molecule has 1 aromatic rings. The molecule has 1 aromatic heterocycles. The molecule has 4 fully saturated rings. The van der Waals surface area contributed by atoms with Gasteiger partial charge in [0.15, 0.2) is 11.6 Å². The van der Waals surface area contributed by atoms with Gasteiger partial charge in [0.05, 0.1) is 6.61 Å². The average molecular weight is 810 g/mol. The Balaban J connectivity index is 0.000000199. The Morgan fingerprint density at radius 2 is 1.91 bits per heavy atom. The van der Waals surface area contributed by atoms with Crippen molar-refractivity contribution < 1.29 is 48.6 Å². The van der Waals surface area contributed by atoms with E-state index in [0.717, 1.165) is 31.3 Å². The number of nitrogens with zero attached hydrogens (tertiary/aromatic N) is 2. The van der Waals surface area contributed by atoms with Crippen LogP contribution in [0.15, 0.2) is 40.9 Å². The van der Waals surface area contributed by atoms with E-state index in [4.69, 9.17) is 31.2 Å². The molecule has 306 valence electrons. The van der Waals surface area contributed by atoms with Crippen LogP contribution in [0.4, 0.5) is 5.82 Å². The third-order valence-corrected chi connectivity index (χ3v) is 14.9. The summed E-state index contributed by atoms with van der Waals surface area (Å²) >= 11 is 1.47. The van der Waals surface area contributed by atoms with Gasteiger partial charge in [0.2, 0.25) is 0 Å². The normalized spacial score (nSPS) is 33.7. The molecule has 6 rings (SSSR count). The highest BCUT2D eigenvalue weighted by Gasteiger charge is 2.68. The van der Waals surface area contributed by atoms with E-state index >= 15 is 0 Å². The van der Waals surface area contributed by atoms with E-state index in [9.17, 15) is 38.4 Å². The van der Waals surface area contributed by atoms with E-state index in [-0.39, 0.29) is 72.0 Å². The van der Waals surface area contributed by atoms with Crippen molar-refractivity contribution in [1.82, 2.24) is 9.55 Å². The van der Waals surface area contributed by atoms with Gasteiger partial charge < -0.3 is 36.6 Å². The number of carbonyl (C=O) groups is 4. The highest BCUT2D eigenvalue weighted by molar-refractivity contribution is 8.00. The van der Waals surface area contributed by atoms with Crippen molar-refractivity contribution in [2.75, 3.05) is 36.2 Å². The second-order valence-electron chi connectivity index (χ2n) is 15.4. The summed E-state index contributed by atoms with van der Waals surface area (Å²) in [6, 6.07) is 0.546. The number of allylic oxidation sites excluding steroid dienone is 4. The molecule has 9 N–H and O–H groups in total. The number of rotatable bonds is 11. The first-order valence-corrected chi connectivity index (χ1v) is 21.5. The fourth-order valence-electron chi connectivity index (χ4n) is 8.87. The molecule has 0 amide bonds. The molecular weight excluding hydrogens is 755 g/mol. The quantitative estimate of drug-likeness (QED) is 0.168. The molecular formula is C37H55N5O11S2. The number of aliphatic carboxylic acids is 1. The molecule has 5 aliphatic rings. The van der Waals surface area contributed by atoms with E-state index in [1.807, 2.05) is 26.8 Å². The zero-order valence-corrected chi connectivity index (χ0v) is 33.2. The van der Waals surface area contributed by atoms with Crippen molar-refractivity contribution in [3.8, 4) is 0 Å². The zero-order chi connectivity index (χ0) is 40.9. The van der Waals surface area contributed by atoms with Crippen molar-refractivity contribution in [2.45, 2.75) is 95.4 Å². The summed E-state index contributed by atoms with van der Waals surface area (Å²) in [5, 5.41) is 37.8. The first kappa shape index (κ1) is 44.5. The number of anilines is 1. The number of hydrogen-bond acceptors (Lipinski definition) is 15. The van der Waals surface area contributed by atoms with Crippen molar-refractivity contribution >= 4 is 50.6 Å². The molecule has 2 unspecified atom stereocenters. The van der Waals surface area contributed by atoms with E-state index < -0.39 is 56.3 Å². The summed E-state index contributed by atoms with van der Waals surface area (Å²) in [5.41, 5.74) is 8.06. The van der Waals surface area contributed by atoms with Gasteiger partial charge in [-0.25, -0.2) is 9.00 Å². The number of hydrogen-bond donors (Lipinski definition) is 7. The Morgan fingerprint density at radius 3 is 2.51 bits per heavy atom. The van der Waals surface area contributed by atoms with Gasteiger partial charge in [-0.1, -0.05) is 38.8 Å². The Morgan fingerprint density at radius 1 is 1.20 bits per heavy atom. The van der Waals surface area contributed by atoms with E-state index in [1.54, 1.807) is 24.4 Å². The molecule has 1 aliphatic heterocycles. The first-order chi connectivity index (χ1) is 25.8. The monoisotopic (exact) mass is 809 g/mol. The van der Waals surface area contributed by atoms with Gasteiger partial charge in [-0.2, -0.15) is 4.98 Å². The number of nitrogens with two attached hydrogens (primary N) is 2. The van der Waals surface area contributed by atoms with Gasteiger partial charge >= 0.3 is 11.7 Å². The summed E-state index contributed by atoms with van der Waals surface area (Å²) < 4.78 is 25.7. The third kappa shape index (κ3) is 9.48. The molecule has 16 nitrogen and oxygen atoms in total. The summed E-state index contributed by atoms with van der Waals surface area (Å²) in [4.78, 5) is 62.8. The van der Waals surface area contributed by atoms with Crippen LogP contribution in [0, 0.1) is 33.4 Å². The molecule has 10 atom stereocenters. The summed E-state index contributed by atoms with van der Waals surface area (Å²) in [6.45, 7) is 5.09. The Hall–Kier alpha value is -3.26. The number of Topliss-reactive ketones (excluding diaryl/α,β-unsaturated/α-hetero) is 2. The SMILES string of the molecule is CCCCS(=N)(=O)CCC(N)C(=O)O.C[C@]12C=CC(=O)C=C1CC[C@@H]1[C@@H]2C(=O)C[C@@]2(C)[C@H]1CC[C@]2(O)C(=O)CO.Nc1ccn([C@H]2CS[C@@H](CO)O2)c(=O)n1. The van der Waals surface area contributed by atoms with E-state index in [0.29, 0.717) is 24.3 Å². The number of nitrogen functional groups attached to an aromatic ring is 1. The van der Waals surface area contributed by atoms with Gasteiger partial charge in [-0.3, -0.25) is 28.5 Å². The van der Waals surface area contributed by atoms with Crippen LogP contribution in [0.5, 0.6) is 0 Å². The average Bonchev–Trinajstić information content (AvgIpc) is 3.72. The molecule has 0 radical (unpaired) electrons. The second-order valence-corrected chi connectivity index (χ2v) is 19.0. The maximum absolute atomic E-state index is 13.3. The first-order valence-electron chi connectivity index (χ1n) is 18.6. The van der Waals surface area contributed by atoms with E-state index in [1.165, 1.54) is 16.3 Å². The highest BCUT2D eigenvalue weighted by atomic mass is 32.2. The number of ketones is 3. The topological polar surface area (TPSA) is 286 Å². The van der Waals surface area contributed by atoms with Gasteiger partial charge in [0.1, 0.15) is 41.5 Å². The Kier molecular flexibility index (Phi) is 14.5. The van der Waals surface area contributed by atoms with E-state index in [2.05, 4.69) is 4.98 Å². The number of aromatic nitrogens is 2. The van der Waals surface area contributed by atoms with Crippen LogP contribution in [0.1, 0.15) is 78.4 Å². The maximum Gasteiger partial charge on any atom is 0.351 e. The third-order valence-electron chi connectivity index (χ3n) is 12.0. The molecule has 3 saturated carbocycles. The lowest BCUT2D eigenvalue weighted by molar-refractivity contribution is -0.168. The van der Waals surface area contributed by atoms with Crippen molar-refractivity contribution in [3.63, 3.8) is 0 Å². The Bertz CT molecular complexity index is 1850. The number of aliphatic hydroxyl groups excluding tert-OH is 2. The van der Waals surface area contributed by atoms with Crippen LogP contribution >= 0.6 is 11.8 Å². The number of nitrogens with one attached hydrogen (secondary N) is 1. The van der Waals surface area contributed by atoms with Crippen LogP contribution in [0.25, 0.3) is 0 Å². The van der Waals surface area contributed by atoms with Crippen molar-refractivity contribution in [1.29, 1.82) is 4.78 Å². The maximum atomic E-state index is 13.3. The number of carbonyl (C=O) groups excluding carboxylic acids is 3. The fourth-order valence-corrected chi connectivity index (χ4v) is 11.4. The molecule has 0 spiro atoms. The zero-order valence-electron chi connectivity index (χ0n) is 31.6. The number of aliphatic hydroxyl groups is 3. The minimum absolute atomic E-state index is 0.0206. The number of carboxylic acids is 1. The molecule has 0 aromatic carbocycles. The number of thioether (sulfide) groups is 1. The smallest absolute Gasteiger partial charge is 0.351 e. The minimum atomic E-state index is -2.62. The van der Waals surface area contributed by atoms with Crippen LogP contribution < -0.4 is 17.2 Å². The fraction of sp³-hybridized carbons (Fsp3) is 0.676. The molecule has 1 saturated heterocycles. The number of fused-ring (bicyclic) bond motifs is 5. The molecule has 0 bridgehead atoms. The van der Waals surface area contributed by atoms with Crippen LogP contribution in [0.3, 0.4) is 0 Å². The molecule has 18 heteroatoms. The molecule has 55 heavy (non-hydrogen) atoms. The van der Waals surface area contributed by atoms with Crippen molar-refractivity contribution in [2.24, 2.45) is 34.3 Å². The second kappa shape index (κ2) is 17.9. The standard InChI is InChI=1S/C21H26O5.C8H11N3O3S.C8H18N2O3S/c1-19-7-5-13(23)9-12(19)3-4-14-15-6-8-21(26,17(25)11-22)20(15,2)10-16(24)18(14)19;9-5-1-2-11(8(13)10-5)6-4-15-7(3-12)14-6;1-2-3-5-14(10,13)6-4-7(9)8(11)12/h5,7,9,14-15,18,22,26H,3-4,6,8,10-11H2,1-2H3;1-2,6-7,12H,3-4H2,(H2,9,10,13);7,10H,2-6,9H2,1H3,(H,11,12)/t14-,15-,18+,19-,20-,21-;6-,7+;/m01./s1. The lowest BCUT2D eigenvalue weighted by Gasteiger charge is -2.56. The van der Waals surface area contributed by atoms with Crippen LogP contribution in [-0.4, -0.2) is 105 Å². The summed E-state index contributed by atoms with van der Waals surface area (Å²) in [6.07, 6.45) is 10.7. The number of ether oxygens (including phenoxy) is 1. The minimum Gasteiger partial charge on any atom is -0.480 e. The largest absolute Gasteiger partial charge is 0.480 e. The molecule has 4 aliphatic carbocycles. The summed E-state index contributed by atoms with van der Waals surface area (Å²) in [7, 11) is -2.62. The lowest BCUT2D eigenvalue weighted by Crippen LogP contribution is -2.60. The van der Waals surface area contributed by atoms with Gasteiger partial charge in [0.25, 0.3) is 0 Å². The molecule has 2 heterocycles. The van der Waals surface area contributed by atoms with Gasteiger partial charge in [-0.15, -0.1) is 11.8 Å². The van der Waals surface area contributed by atoms with Crippen LogP contribution in [-0.2, 0) is 33.6 Å². The summed E-state index contributed by atoms with van der Waals surface area (Å²) in [5.74, 6) is -0.448. The van der Waals surface area contributed by atoms with Crippen LogP contribution in [0.2, 0.25) is 0 Å². The highest BCUT2D eigenvalue weighted by Crippen LogP contribution is 2.66. The van der Waals surface area contributed by atoms with Crippen molar-refractivity contribution in [3.05, 3.63) is 46.5 Å². The van der Waals surface area contributed by atoms with Gasteiger partial charge in [0, 0.05) is 56.4 Å². The number of carboxylic acid groups (broad SMARTS) is 1. The lowest BCUT2D eigenvalue weighted by atomic mass is 9.46. The number of unbranched alkanes of at least 4 members (excludes halogenated alkanes) is 1. The predicted molar refractivity (Wildman–Crippen MR) is 206 cm³/mol. The predicted octanol–water partition coefficient (Wildman–Crippen LogP) is 1.81. The van der Waals surface area contributed by atoms with Gasteiger partial charge in [-0.05, 0) is 68.6 Å².